The molecule has 32 heavy (non-hydrogen) atoms. The fraction of sp³-hybridized carbons (Fsp3) is 0.407. The van der Waals surface area contributed by atoms with E-state index in [9.17, 15) is 9.59 Å². The first kappa shape index (κ1) is 22.3. The Morgan fingerprint density at radius 2 is 1.69 bits per heavy atom. The van der Waals surface area contributed by atoms with Crippen LogP contribution in [0.25, 0.3) is 11.0 Å². The summed E-state index contributed by atoms with van der Waals surface area (Å²) in [6.45, 7) is 11.5. The summed E-state index contributed by atoms with van der Waals surface area (Å²) >= 11 is 0. The van der Waals surface area contributed by atoms with Crippen LogP contribution in [0, 0.1) is 13.8 Å². The maximum absolute atomic E-state index is 13.7. The lowest BCUT2D eigenvalue weighted by molar-refractivity contribution is 0.0708. The number of methoxy groups -OCH3 is 1. The van der Waals surface area contributed by atoms with Gasteiger partial charge < -0.3 is 14.1 Å². The van der Waals surface area contributed by atoms with Gasteiger partial charge >= 0.3 is 0 Å². The average Bonchev–Trinajstić information content (AvgIpc) is 3.02. The topological polar surface area (TPSA) is 59.8 Å². The predicted molar refractivity (Wildman–Crippen MR) is 126 cm³/mol. The lowest BCUT2D eigenvalue weighted by Crippen LogP contribution is -2.31. The molecule has 5 heteroatoms. The Bertz CT molecular complexity index is 1230. The number of carbonyl (C=O) groups is 1. The third-order valence-corrected chi connectivity index (χ3v) is 6.42. The lowest BCUT2D eigenvalue weighted by Gasteiger charge is -2.26. The van der Waals surface area contributed by atoms with Gasteiger partial charge in [0.2, 0.25) is 5.76 Å². The van der Waals surface area contributed by atoms with E-state index >= 15 is 0 Å². The smallest absolute Gasteiger partial charge is 0.290 e. The molecule has 2 heterocycles. The molecular formula is C27H31NO4. The molecule has 1 aliphatic rings. The summed E-state index contributed by atoms with van der Waals surface area (Å²) in [6.07, 6.45) is 0.679. The molecule has 168 valence electrons. The van der Waals surface area contributed by atoms with Gasteiger partial charge in [-0.2, -0.15) is 0 Å². The van der Waals surface area contributed by atoms with Gasteiger partial charge in [-0.05, 0) is 60.1 Å². The number of benzene rings is 2. The van der Waals surface area contributed by atoms with Gasteiger partial charge in [0.15, 0.2) is 5.43 Å². The molecule has 4 rings (SSSR count). The summed E-state index contributed by atoms with van der Waals surface area (Å²) in [5, 5.41) is 0.523. The van der Waals surface area contributed by atoms with Crippen LogP contribution in [0.15, 0.2) is 45.6 Å². The summed E-state index contributed by atoms with van der Waals surface area (Å²) in [6, 6.07) is 11.5. The molecule has 0 spiro atoms. The van der Waals surface area contributed by atoms with Gasteiger partial charge in [-0.25, -0.2) is 0 Å². The fourth-order valence-electron chi connectivity index (χ4n) is 4.40. The van der Waals surface area contributed by atoms with E-state index in [1.165, 1.54) is 5.56 Å². The van der Waals surface area contributed by atoms with Crippen molar-refractivity contribution in [2.24, 2.45) is 0 Å². The standard InChI is InChI=1S/C27H31NO4/c1-16-14-20-21(15-17(16)2)32-25-22(24(20)29)23(28(26(25)30)12-7-13-31-6)18-8-10-19(11-9-18)27(3,4)5/h8-11,14-15,23H,7,12-13H2,1-6H3. The Balaban J connectivity index is 1.90. The quantitative estimate of drug-likeness (QED) is 0.513. The Labute approximate surface area is 189 Å². The van der Waals surface area contributed by atoms with Gasteiger partial charge in [0.1, 0.15) is 5.58 Å². The minimum atomic E-state index is -0.467. The molecule has 3 aromatic rings. The van der Waals surface area contributed by atoms with E-state index in [1.54, 1.807) is 12.0 Å². The van der Waals surface area contributed by atoms with Gasteiger partial charge in [-0.3, -0.25) is 9.59 Å². The Hall–Kier alpha value is -2.92. The molecule has 0 N–H and O–H groups in total. The Kier molecular flexibility index (Phi) is 5.72. The average molecular weight is 434 g/mol. The first-order chi connectivity index (χ1) is 15.1. The maximum Gasteiger partial charge on any atom is 0.290 e. The summed E-state index contributed by atoms with van der Waals surface area (Å²) < 4.78 is 11.3. The van der Waals surface area contributed by atoms with Crippen molar-refractivity contribution in [3.05, 3.63) is 80.2 Å². The van der Waals surface area contributed by atoms with Crippen molar-refractivity contribution in [3.8, 4) is 0 Å². The summed E-state index contributed by atoms with van der Waals surface area (Å²) in [7, 11) is 1.64. The summed E-state index contributed by atoms with van der Waals surface area (Å²) in [4.78, 5) is 28.8. The Morgan fingerprint density at radius 3 is 2.31 bits per heavy atom. The van der Waals surface area contributed by atoms with Crippen LogP contribution in [-0.2, 0) is 10.2 Å². The van der Waals surface area contributed by atoms with E-state index in [0.717, 1.165) is 16.7 Å². The van der Waals surface area contributed by atoms with Crippen molar-refractivity contribution in [1.82, 2.24) is 4.90 Å². The molecule has 1 atom stereocenters. The largest absolute Gasteiger partial charge is 0.450 e. The van der Waals surface area contributed by atoms with E-state index in [4.69, 9.17) is 9.15 Å². The van der Waals surface area contributed by atoms with Crippen LogP contribution >= 0.6 is 0 Å². The normalized spacial score (nSPS) is 16.1. The number of fused-ring (bicyclic) bond motifs is 2. The second-order valence-electron chi connectivity index (χ2n) is 9.73. The van der Waals surface area contributed by atoms with Gasteiger partial charge in [0, 0.05) is 20.3 Å². The zero-order valence-corrected chi connectivity index (χ0v) is 19.7. The highest BCUT2D eigenvalue weighted by Crippen LogP contribution is 2.39. The van der Waals surface area contributed by atoms with Crippen molar-refractivity contribution >= 4 is 16.9 Å². The van der Waals surface area contributed by atoms with Crippen molar-refractivity contribution in [3.63, 3.8) is 0 Å². The van der Waals surface area contributed by atoms with Crippen LogP contribution in [-0.4, -0.2) is 31.1 Å². The highest BCUT2D eigenvalue weighted by molar-refractivity contribution is 5.99. The SMILES string of the molecule is COCCCN1C(=O)c2oc3cc(C)c(C)cc3c(=O)c2C1c1ccc(C(C)(C)C)cc1. The molecule has 0 saturated heterocycles. The fourth-order valence-corrected chi connectivity index (χ4v) is 4.40. The van der Waals surface area contributed by atoms with Crippen LogP contribution in [0.2, 0.25) is 0 Å². The summed E-state index contributed by atoms with van der Waals surface area (Å²) in [5.74, 6) is -0.0775. The van der Waals surface area contributed by atoms with Crippen LogP contribution in [0.4, 0.5) is 0 Å². The van der Waals surface area contributed by atoms with E-state index in [1.807, 2.05) is 38.1 Å². The molecule has 5 nitrogen and oxygen atoms in total. The van der Waals surface area contributed by atoms with Crippen LogP contribution in [0.1, 0.15) is 71.6 Å². The van der Waals surface area contributed by atoms with E-state index in [0.29, 0.717) is 36.1 Å². The highest BCUT2D eigenvalue weighted by atomic mass is 16.5. The maximum atomic E-state index is 13.7. The number of carbonyl (C=O) groups excluding carboxylic acids is 1. The molecule has 0 bridgehead atoms. The third kappa shape index (κ3) is 3.75. The first-order valence-corrected chi connectivity index (χ1v) is 11.1. The molecule has 1 aliphatic heterocycles. The number of hydrogen-bond donors (Lipinski definition) is 0. The minimum absolute atomic E-state index is 0.0186. The number of nitrogens with zero attached hydrogens (tertiary/aromatic N) is 1. The first-order valence-electron chi connectivity index (χ1n) is 11.1. The highest BCUT2D eigenvalue weighted by Gasteiger charge is 2.42. The molecule has 0 radical (unpaired) electrons. The number of hydrogen-bond acceptors (Lipinski definition) is 4. The zero-order chi connectivity index (χ0) is 23.2. The van der Waals surface area contributed by atoms with Gasteiger partial charge in [0.05, 0.1) is 17.0 Å². The zero-order valence-electron chi connectivity index (χ0n) is 19.7. The van der Waals surface area contributed by atoms with E-state index in [2.05, 4.69) is 32.9 Å². The molecule has 0 fully saturated rings. The van der Waals surface area contributed by atoms with Crippen LogP contribution in [0.5, 0.6) is 0 Å². The molecular weight excluding hydrogens is 402 g/mol. The molecule has 0 saturated carbocycles. The number of rotatable bonds is 5. The van der Waals surface area contributed by atoms with Crippen molar-refractivity contribution < 1.29 is 13.9 Å². The van der Waals surface area contributed by atoms with Crippen molar-refractivity contribution in [2.75, 3.05) is 20.3 Å². The van der Waals surface area contributed by atoms with Crippen LogP contribution in [0.3, 0.4) is 0 Å². The van der Waals surface area contributed by atoms with Gasteiger partial charge in [-0.15, -0.1) is 0 Å². The van der Waals surface area contributed by atoms with Gasteiger partial charge in [0.25, 0.3) is 5.91 Å². The van der Waals surface area contributed by atoms with Crippen LogP contribution < -0.4 is 5.43 Å². The minimum Gasteiger partial charge on any atom is -0.450 e. The monoisotopic (exact) mass is 433 g/mol. The van der Waals surface area contributed by atoms with Crippen molar-refractivity contribution in [1.29, 1.82) is 0 Å². The third-order valence-electron chi connectivity index (χ3n) is 6.42. The molecule has 1 unspecified atom stereocenters. The summed E-state index contributed by atoms with van der Waals surface area (Å²) in [5.41, 5.74) is 4.96. The number of ether oxygens (including phenoxy) is 1. The molecule has 1 aromatic heterocycles. The predicted octanol–water partition coefficient (Wildman–Crippen LogP) is 5.29. The van der Waals surface area contributed by atoms with E-state index < -0.39 is 6.04 Å². The van der Waals surface area contributed by atoms with E-state index in [-0.39, 0.29) is 22.5 Å². The lowest BCUT2D eigenvalue weighted by atomic mass is 9.86. The van der Waals surface area contributed by atoms with Gasteiger partial charge in [-0.1, -0.05) is 45.0 Å². The second kappa shape index (κ2) is 8.21. The molecule has 1 amide bonds. The number of amides is 1. The number of aryl methyl sites for hydroxylation is 2. The molecule has 2 aromatic carbocycles. The second-order valence-corrected chi connectivity index (χ2v) is 9.73. The molecule has 0 aliphatic carbocycles. The Morgan fingerprint density at radius 1 is 1.03 bits per heavy atom. The van der Waals surface area contributed by atoms with Crippen molar-refractivity contribution in [2.45, 2.75) is 52.5 Å².